The van der Waals surface area contributed by atoms with Gasteiger partial charge in [0, 0.05) is 10.1 Å². The van der Waals surface area contributed by atoms with E-state index in [1.807, 2.05) is 38.1 Å². The second-order valence-corrected chi connectivity index (χ2v) is 6.68. The van der Waals surface area contributed by atoms with Crippen molar-refractivity contribution < 1.29 is 14.3 Å². The maximum Gasteiger partial charge on any atom is 0.325 e. The first kappa shape index (κ1) is 17.9. The number of hydrogen-bond donors (Lipinski definition) is 1. The summed E-state index contributed by atoms with van der Waals surface area (Å²) >= 11 is 1.73. The van der Waals surface area contributed by atoms with E-state index in [-0.39, 0.29) is 11.2 Å². The fraction of sp³-hybridized carbons (Fsp3) is 0.562. The molecule has 0 fully saturated rings. The van der Waals surface area contributed by atoms with Crippen LogP contribution >= 0.6 is 11.8 Å². The van der Waals surface area contributed by atoms with Crippen molar-refractivity contribution in [3.05, 3.63) is 24.3 Å². The summed E-state index contributed by atoms with van der Waals surface area (Å²) in [5.41, 5.74) is -0.658. The minimum atomic E-state index is -0.658. The van der Waals surface area contributed by atoms with E-state index in [0.717, 1.165) is 17.2 Å². The zero-order chi connectivity index (χ0) is 15.9. The van der Waals surface area contributed by atoms with Gasteiger partial charge >= 0.3 is 5.97 Å². The molecule has 0 amide bonds. The number of esters is 1. The van der Waals surface area contributed by atoms with Gasteiger partial charge in [0.1, 0.15) is 11.3 Å². The Morgan fingerprint density at radius 3 is 2.71 bits per heavy atom. The van der Waals surface area contributed by atoms with Crippen LogP contribution in [0.4, 0.5) is 0 Å². The molecule has 0 radical (unpaired) electrons. The number of likely N-dealkylation sites (N-methyl/N-ethyl adjacent to an activating group) is 1. The maximum absolute atomic E-state index is 12.0. The highest BCUT2D eigenvalue weighted by molar-refractivity contribution is 8.00. The lowest BCUT2D eigenvalue weighted by Gasteiger charge is -2.30. The molecule has 0 aliphatic rings. The van der Waals surface area contributed by atoms with Crippen molar-refractivity contribution in [2.24, 2.45) is 0 Å². The lowest BCUT2D eigenvalue weighted by molar-refractivity contribution is -0.148. The summed E-state index contributed by atoms with van der Waals surface area (Å²) in [7, 11) is 3.09. The Kier molecular flexibility index (Phi) is 7.05. The molecule has 1 aromatic carbocycles. The Morgan fingerprint density at radius 2 is 2.14 bits per heavy atom. The Labute approximate surface area is 131 Å². The molecule has 0 saturated carbocycles. The highest BCUT2D eigenvalue weighted by Crippen LogP contribution is 2.31. The molecule has 0 spiro atoms. The van der Waals surface area contributed by atoms with Gasteiger partial charge in [0.2, 0.25) is 0 Å². The molecule has 1 rings (SSSR count). The molecule has 1 N–H and O–H groups in total. The van der Waals surface area contributed by atoms with Crippen LogP contribution in [0.2, 0.25) is 0 Å². The summed E-state index contributed by atoms with van der Waals surface area (Å²) in [4.78, 5) is 13.1. The van der Waals surface area contributed by atoms with E-state index in [4.69, 9.17) is 9.47 Å². The van der Waals surface area contributed by atoms with Crippen molar-refractivity contribution in [3.63, 3.8) is 0 Å². The van der Waals surface area contributed by atoms with Gasteiger partial charge in [-0.2, -0.15) is 0 Å². The van der Waals surface area contributed by atoms with Crippen molar-refractivity contribution in [2.45, 2.75) is 42.9 Å². The Hall–Kier alpha value is -1.20. The number of rotatable bonds is 8. The predicted octanol–water partition coefficient (Wildman–Crippen LogP) is 3.11. The molecule has 1 aromatic rings. The second-order valence-electron chi connectivity index (χ2n) is 5.17. The molecule has 5 heteroatoms. The standard InChI is InChI=1S/C16H25NO3S/c1-6-17-16(3,15(18)20-5)11-12(2)21-14-9-7-8-13(10-14)19-4/h7-10,12,17H,6,11H2,1-5H3. The van der Waals surface area contributed by atoms with Gasteiger partial charge in [0.05, 0.1) is 14.2 Å². The van der Waals surface area contributed by atoms with Crippen LogP contribution in [0.1, 0.15) is 27.2 Å². The quantitative estimate of drug-likeness (QED) is 0.590. The lowest BCUT2D eigenvalue weighted by atomic mass is 9.96. The summed E-state index contributed by atoms with van der Waals surface area (Å²) in [6, 6.07) is 7.94. The third kappa shape index (κ3) is 5.25. The second kappa shape index (κ2) is 8.29. The summed E-state index contributed by atoms with van der Waals surface area (Å²) in [5.74, 6) is 0.622. The van der Waals surface area contributed by atoms with E-state index < -0.39 is 5.54 Å². The topological polar surface area (TPSA) is 47.6 Å². The molecule has 0 saturated heterocycles. The van der Waals surface area contributed by atoms with Crippen molar-refractivity contribution in [3.8, 4) is 5.75 Å². The summed E-state index contributed by atoms with van der Waals surface area (Å²) in [6.45, 7) is 6.72. The number of nitrogens with one attached hydrogen (secondary N) is 1. The van der Waals surface area contributed by atoms with Crippen LogP contribution in [0, 0.1) is 0 Å². The lowest BCUT2D eigenvalue weighted by Crippen LogP contribution is -2.51. The van der Waals surface area contributed by atoms with Gasteiger partial charge in [-0.1, -0.05) is 19.9 Å². The van der Waals surface area contributed by atoms with Gasteiger partial charge in [-0.25, -0.2) is 0 Å². The summed E-state index contributed by atoms with van der Waals surface area (Å²) in [6.07, 6.45) is 0.690. The van der Waals surface area contributed by atoms with E-state index in [1.54, 1.807) is 18.9 Å². The Bertz CT molecular complexity index is 467. The molecule has 0 aliphatic heterocycles. The number of carbonyl (C=O) groups is 1. The number of thioether (sulfide) groups is 1. The van der Waals surface area contributed by atoms with Crippen LogP contribution in [0.3, 0.4) is 0 Å². The summed E-state index contributed by atoms with van der Waals surface area (Å²) in [5, 5.41) is 3.50. The van der Waals surface area contributed by atoms with Crippen molar-refractivity contribution in [2.75, 3.05) is 20.8 Å². The first-order valence-corrected chi connectivity index (χ1v) is 7.97. The minimum Gasteiger partial charge on any atom is -0.497 e. The van der Waals surface area contributed by atoms with E-state index in [1.165, 1.54) is 7.11 Å². The maximum atomic E-state index is 12.0. The zero-order valence-corrected chi connectivity index (χ0v) is 14.3. The summed E-state index contributed by atoms with van der Waals surface area (Å²) < 4.78 is 10.2. The molecule has 2 unspecified atom stereocenters. The number of methoxy groups -OCH3 is 2. The van der Waals surface area contributed by atoms with Crippen molar-refractivity contribution in [1.29, 1.82) is 0 Å². The van der Waals surface area contributed by atoms with E-state index in [2.05, 4.69) is 12.2 Å². The average Bonchev–Trinajstić information content (AvgIpc) is 2.46. The highest BCUT2D eigenvalue weighted by Gasteiger charge is 2.35. The van der Waals surface area contributed by atoms with Gasteiger partial charge in [-0.05, 0) is 38.1 Å². The fourth-order valence-electron chi connectivity index (χ4n) is 2.37. The monoisotopic (exact) mass is 311 g/mol. The first-order chi connectivity index (χ1) is 9.95. The third-order valence-electron chi connectivity index (χ3n) is 3.28. The SMILES string of the molecule is CCNC(C)(CC(C)Sc1cccc(OC)c1)C(=O)OC. The molecule has 118 valence electrons. The normalized spacial score (nSPS) is 15.1. The molecule has 0 aromatic heterocycles. The van der Waals surface area contributed by atoms with Crippen LogP contribution in [-0.2, 0) is 9.53 Å². The van der Waals surface area contributed by atoms with E-state index >= 15 is 0 Å². The van der Waals surface area contributed by atoms with Gasteiger partial charge < -0.3 is 14.8 Å². The molecule has 4 nitrogen and oxygen atoms in total. The van der Waals surface area contributed by atoms with Crippen molar-refractivity contribution >= 4 is 17.7 Å². The minimum absolute atomic E-state index is 0.220. The molecule has 2 atom stereocenters. The molecular weight excluding hydrogens is 286 g/mol. The smallest absolute Gasteiger partial charge is 0.325 e. The van der Waals surface area contributed by atoms with Crippen LogP contribution in [-0.4, -0.2) is 37.5 Å². The molecular formula is C16H25NO3S. The van der Waals surface area contributed by atoms with Crippen LogP contribution in [0.15, 0.2) is 29.2 Å². The third-order valence-corrected chi connectivity index (χ3v) is 4.37. The van der Waals surface area contributed by atoms with Gasteiger partial charge in [0.25, 0.3) is 0 Å². The molecule has 0 aliphatic carbocycles. The number of hydrogen-bond acceptors (Lipinski definition) is 5. The van der Waals surface area contributed by atoms with Gasteiger partial charge in [-0.15, -0.1) is 11.8 Å². The predicted molar refractivity (Wildman–Crippen MR) is 87.0 cm³/mol. The molecule has 21 heavy (non-hydrogen) atoms. The van der Waals surface area contributed by atoms with Crippen molar-refractivity contribution in [1.82, 2.24) is 5.32 Å². The number of ether oxygens (including phenoxy) is 2. The van der Waals surface area contributed by atoms with E-state index in [0.29, 0.717) is 6.42 Å². The molecule has 0 heterocycles. The first-order valence-electron chi connectivity index (χ1n) is 7.09. The number of carbonyl (C=O) groups excluding carboxylic acids is 1. The Balaban J connectivity index is 2.73. The van der Waals surface area contributed by atoms with Crippen LogP contribution in [0.25, 0.3) is 0 Å². The Morgan fingerprint density at radius 1 is 1.43 bits per heavy atom. The largest absolute Gasteiger partial charge is 0.497 e. The fourth-order valence-corrected chi connectivity index (χ4v) is 3.59. The van der Waals surface area contributed by atoms with Crippen LogP contribution in [0.5, 0.6) is 5.75 Å². The highest BCUT2D eigenvalue weighted by atomic mass is 32.2. The van der Waals surface area contributed by atoms with E-state index in [9.17, 15) is 4.79 Å². The number of benzene rings is 1. The van der Waals surface area contributed by atoms with Gasteiger partial charge in [0.15, 0.2) is 0 Å². The average molecular weight is 311 g/mol. The van der Waals surface area contributed by atoms with Gasteiger partial charge in [-0.3, -0.25) is 4.79 Å². The molecule has 0 bridgehead atoms. The zero-order valence-electron chi connectivity index (χ0n) is 13.4. The van der Waals surface area contributed by atoms with Crippen LogP contribution < -0.4 is 10.1 Å².